The first-order valence-corrected chi connectivity index (χ1v) is 16.8. The van der Waals surface area contributed by atoms with E-state index in [-0.39, 0.29) is 30.9 Å². The van der Waals surface area contributed by atoms with Crippen molar-refractivity contribution in [1.29, 1.82) is 0 Å². The Balaban J connectivity index is 2.59. The summed E-state index contributed by atoms with van der Waals surface area (Å²) >= 11 is 0. The molecule has 0 aliphatic carbocycles. The number of likely N-dealkylation sites (N-methyl/N-ethyl adjacent to an activating group) is 2. The molecule has 2 heterocycles. The number of methoxy groups -OCH3 is 1. The third-order valence-electron chi connectivity index (χ3n) is 10.1. The average molecular weight is 675 g/mol. The number of rotatable bonds is 7. The monoisotopic (exact) mass is 674 g/mol. The standard InChI is InChI=1S/C34H62N2O11/c1-13-25-34(8,42)29(39)23(6)36(11)18-19(2)17-33(7,41)30(21(4)27(38)22(5)31(40)46-25)47-32-28(44-15-14-26(37)43-12)24(35(9)10)16-20(3)45-32/h14-15,19-25,27-30,32,38-39,41-42H,13,16-18H2,1-12H3/t19-,20-,21+,22-,23-,24+,25-,27+,28-,29-,30-,32+,33+,34-/m1/s1. The van der Waals surface area contributed by atoms with E-state index in [4.69, 9.17) is 18.9 Å². The zero-order chi connectivity index (χ0) is 36.0. The van der Waals surface area contributed by atoms with Crippen LogP contribution in [-0.2, 0) is 33.3 Å². The third kappa shape index (κ3) is 10.3. The summed E-state index contributed by atoms with van der Waals surface area (Å²) in [5.74, 6) is -3.38. The lowest BCUT2D eigenvalue weighted by Gasteiger charge is -2.47. The molecule has 2 saturated heterocycles. The highest BCUT2D eigenvalue weighted by atomic mass is 16.7. The molecule has 274 valence electrons. The minimum atomic E-state index is -1.77. The molecule has 14 atom stereocenters. The Kier molecular flexibility index (Phi) is 15.1. The number of esters is 2. The van der Waals surface area contributed by atoms with Crippen molar-refractivity contribution >= 4 is 11.9 Å². The van der Waals surface area contributed by atoms with Crippen molar-refractivity contribution in [3.05, 3.63) is 12.3 Å². The van der Waals surface area contributed by atoms with Gasteiger partial charge in [0.2, 0.25) is 0 Å². The highest BCUT2D eigenvalue weighted by Gasteiger charge is 2.50. The lowest BCUT2D eigenvalue weighted by Crippen LogP contribution is -2.59. The van der Waals surface area contributed by atoms with Gasteiger partial charge in [-0.1, -0.05) is 20.8 Å². The van der Waals surface area contributed by atoms with Crippen LogP contribution in [0.4, 0.5) is 0 Å². The summed E-state index contributed by atoms with van der Waals surface area (Å²) < 4.78 is 29.4. The van der Waals surface area contributed by atoms with Crippen LogP contribution < -0.4 is 0 Å². The van der Waals surface area contributed by atoms with Crippen molar-refractivity contribution in [2.75, 3.05) is 34.8 Å². The van der Waals surface area contributed by atoms with Crippen molar-refractivity contribution in [1.82, 2.24) is 9.80 Å². The lowest BCUT2D eigenvalue weighted by atomic mass is 9.78. The number of hydrogen-bond acceptors (Lipinski definition) is 13. The zero-order valence-electron chi connectivity index (χ0n) is 30.5. The number of hydrogen-bond donors (Lipinski definition) is 4. The molecule has 0 aromatic carbocycles. The molecule has 2 fully saturated rings. The van der Waals surface area contributed by atoms with Crippen molar-refractivity contribution < 1.29 is 53.7 Å². The molecule has 2 aliphatic heterocycles. The Morgan fingerprint density at radius 3 is 2.30 bits per heavy atom. The predicted octanol–water partition coefficient (Wildman–Crippen LogP) is 1.69. The second kappa shape index (κ2) is 17.2. The van der Waals surface area contributed by atoms with Gasteiger partial charge < -0.3 is 53.9 Å². The fourth-order valence-electron chi connectivity index (χ4n) is 7.12. The third-order valence-corrected chi connectivity index (χ3v) is 10.1. The lowest BCUT2D eigenvalue weighted by molar-refractivity contribution is -0.299. The molecule has 2 rings (SSSR count). The molecule has 4 N–H and O–H groups in total. The second-order valence-electron chi connectivity index (χ2n) is 14.6. The smallest absolute Gasteiger partial charge is 0.333 e. The Bertz CT molecular complexity index is 1040. The van der Waals surface area contributed by atoms with Crippen molar-refractivity contribution in [3.8, 4) is 0 Å². The molecule has 13 heteroatoms. The highest BCUT2D eigenvalue weighted by Crippen LogP contribution is 2.37. The minimum absolute atomic E-state index is 0.136. The normalized spacial score (nSPS) is 43.6. The summed E-state index contributed by atoms with van der Waals surface area (Å²) in [6, 6.07) is -0.730. The SMILES string of the molecule is CC[C@H]1OC(=O)[C@H](C)[C@@H](O)[C@H](C)[C@@H](O[C@@H]2O[C@H](C)C[C@H](N(C)C)[C@H]2OC=CC(=O)OC)[C@@](C)(O)C[C@@H](C)CN(C)[C@H](C)[C@@H](O)[C@]1(C)O. The highest BCUT2D eigenvalue weighted by molar-refractivity contribution is 5.81. The van der Waals surface area contributed by atoms with E-state index in [0.717, 1.165) is 6.08 Å². The van der Waals surface area contributed by atoms with Gasteiger partial charge in [-0.2, -0.15) is 0 Å². The van der Waals surface area contributed by atoms with E-state index in [9.17, 15) is 30.0 Å². The van der Waals surface area contributed by atoms with Crippen LogP contribution in [0.15, 0.2) is 12.3 Å². The molecular weight excluding hydrogens is 612 g/mol. The number of aliphatic hydroxyl groups is 4. The van der Waals surface area contributed by atoms with Crippen LogP contribution in [0.1, 0.15) is 74.7 Å². The number of carbonyl (C=O) groups is 2. The van der Waals surface area contributed by atoms with Crippen molar-refractivity contribution in [2.24, 2.45) is 17.8 Å². The summed E-state index contributed by atoms with van der Waals surface area (Å²) in [4.78, 5) is 29.1. The largest absolute Gasteiger partial charge is 0.491 e. The molecule has 0 amide bonds. The van der Waals surface area contributed by atoms with E-state index in [1.807, 2.05) is 44.8 Å². The van der Waals surface area contributed by atoms with Gasteiger partial charge in [-0.25, -0.2) is 4.79 Å². The number of carbonyl (C=O) groups excluding carboxylic acids is 2. The predicted molar refractivity (Wildman–Crippen MR) is 175 cm³/mol. The van der Waals surface area contributed by atoms with E-state index in [0.29, 0.717) is 13.0 Å². The summed E-state index contributed by atoms with van der Waals surface area (Å²) in [5.41, 5.74) is -3.32. The van der Waals surface area contributed by atoms with Crippen molar-refractivity contribution in [3.63, 3.8) is 0 Å². The average Bonchev–Trinajstić information content (AvgIpc) is 2.99. The van der Waals surface area contributed by atoms with Crippen LogP contribution in [-0.4, -0.2) is 143 Å². The Hall–Kier alpha value is -1.84. The van der Waals surface area contributed by atoms with Crippen LogP contribution in [0.5, 0.6) is 0 Å². The number of cyclic esters (lactones) is 1. The van der Waals surface area contributed by atoms with Gasteiger partial charge in [0, 0.05) is 18.5 Å². The first kappa shape index (κ1) is 41.3. The summed E-state index contributed by atoms with van der Waals surface area (Å²) in [6.07, 6.45) is -3.28. The fourth-order valence-corrected chi connectivity index (χ4v) is 7.12. The molecule has 0 spiro atoms. The van der Waals surface area contributed by atoms with E-state index in [1.165, 1.54) is 27.2 Å². The first-order chi connectivity index (χ1) is 21.7. The molecule has 0 aromatic heterocycles. The maximum Gasteiger partial charge on any atom is 0.333 e. The topological polar surface area (TPSA) is 168 Å². The Morgan fingerprint density at radius 1 is 1.13 bits per heavy atom. The van der Waals surface area contributed by atoms with Gasteiger partial charge in [0.05, 0.1) is 55.3 Å². The quantitative estimate of drug-likeness (QED) is 0.175. The molecule has 2 aliphatic rings. The number of aliphatic hydroxyl groups excluding tert-OH is 2. The van der Waals surface area contributed by atoms with Gasteiger partial charge in [-0.3, -0.25) is 4.79 Å². The van der Waals surface area contributed by atoms with Crippen LogP contribution in [0, 0.1) is 17.8 Å². The van der Waals surface area contributed by atoms with Gasteiger partial charge >= 0.3 is 11.9 Å². The molecular formula is C34H62N2O11. The maximum absolute atomic E-state index is 13.5. The Morgan fingerprint density at radius 2 is 1.74 bits per heavy atom. The summed E-state index contributed by atoms with van der Waals surface area (Å²) in [6.45, 7) is 14.2. The molecule has 0 radical (unpaired) electrons. The number of nitrogens with zero attached hydrogens (tertiary/aromatic N) is 2. The van der Waals surface area contributed by atoms with Gasteiger partial charge in [-0.15, -0.1) is 0 Å². The first-order valence-electron chi connectivity index (χ1n) is 16.8. The van der Waals surface area contributed by atoms with E-state index in [1.54, 1.807) is 27.7 Å². The van der Waals surface area contributed by atoms with Crippen molar-refractivity contribution in [2.45, 2.75) is 141 Å². The molecule has 0 aromatic rings. The minimum Gasteiger partial charge on any atom is -0.491 e. The molecule has 0 unspecified atom stereocenters. The molecule has 0 bridgehead atoms. The fraction of sp³-hybridized carbons (Fsp3) is 0.882. The van der Waals surface area contributed by atoms with Gasteiger partial charge in [0.15, 0.2) is 12.4 Å². The maximum atomic E-state index is 13.5. The Labute approximate surface area is 281 Å². The van der Waals surface area contributed by atoms with Gasteiger partial charge in [-0.05, 0) is 80.9 Å². The molecule has 13 nitrogen and oxygen atoms in total. The van der Waals surface area contributed by atoms with E-state index in [2.05, 4.69) is 4.74 Å². The van der Waals surface area contributed by atoms with Crippen LogP contribution in [0.3, 0.4) is 0 Å². The summed E-state index contributed by atoms with van der Waals surface area (Å²) in [7, 11) is 6.89. The molecule has 0 saturated carbocycles. The zero-order valence-corrected chi connectivity index (χ0v) is 30.5. The van der Waals surface area contributed by atoms with Gasteiger partial charge in [0.25, 0.3) is 0 Å². The van der Waals surface area contributed by atoms with Gasteiger partial charge in [0.1, 0.15) is 17.8 Å². The molecule has 47 heavy (non-hydrogen) atoms. The number of ether oxygens (including phenoxy) is 5. The second-order valence-corrected chi connectivity index (χ2v) is 14.6. The summed E-state index contributed by atoms with van der Waals surface area (Å²) in [5, 5.41) is 46.5. The van der Waals surface area contributed by atoms with Crippen LogP contribution >= 0.6 is 0 Å². The van der Waals surface area contributed by atoms with E-state index < -0.39 is 77.8 Å². The van der Waals surface area contributed by atoms with Crippen LogP contribution in [0.25, 0.3) is 0 Å². The van der Waals surface area contributed by atoms with E-state index >= 15 is 0 Å². The van der Waals surface area contributed by atoms with Crippen LogP contribution in [0.2, 0.25) is 0 Å².